The summed E-state index contributed by atoms with van der Waals surface area (Å²) < 4.78 is 13.4. The Morgan fingerprint density at radius 2 is 2.00 bits per heavy atom. The maximum absolute atomic E-state index is 13.4. The molecule has 0 aliphatic carbocycles. The highest BCUT2D eigenvalue weighted by atomic mass is 35.5. The van der Waals surface area contributed by atoms with Gasteiger partial charge in [-0.1, -0.05) is 6.07 Å². The highest BCUT2D eigenvalue weighted by Crippen LogP contribution is 2.32. The second kappa shape index (κ2) is 7.36. The molecule has 3 rings (SSSR count). The monoisotopic (exact) mass is 326 g/mol. The minimum atomic E-state index is -0.157. The van der Waals surface area contributed by atoms with Crippen molar-refractivity contribution in [2.45, 2.75) is 13.0 Å². The standard InChI is InChI=1S/C16H19FN2S.ClH/c1-12-10-14(17)2-3-15(12)16(13-4-9-20-11-13)19-7-5-18-6-8-19;/h2-4,9-11,16,18H,5-8H2,1H3;1H/t16-;/m0./s1. The molecule has 0 unspecified atom stereocenters. The van der Waals surface area contributed by atoms with E-state index < -0.39 is 0 Å². The third-order valence-corrected chi connectivity index (χ3v) is 4.60. The second-order valence-electron chi connectivity index (χ2n) is 5.25. The lowest BCUT2D eigenvalue weighted by Crippen LogP contribution is -2.45. The number of thiophene rings is 1. The van der Waals surface area contributed by atoms with Crippen LogP contribution in [-0.2, 0) is 0 Å². The molecular formula is C16H20ClFN2S. The van der Waals surface area contributed by atoms with E-state index in [9.17, 15) is 4.39 Å². The number of hydrogen-bond donors (Lipinski definition) is 1. The minimum absolute atomic E-state index is 0. The molecule has 2 nitrogen and oxygen atoms in total. The van der Waals surface area contributed by atoms with Crippen molar-refractivity contribution in [3.05, 3.63) is 57.5 Å². The first-order chi connectivity index (χ1) is 9.75. The molecule has 0 spiro atoms. The van der Waals surface area contributed by atoms with Crippen LogP contribution in [0.15, 0.2) is 35.0 Å². The van der Waals surface area contributed by atoms with Gasteiger partial charge >= 0.3 is 0 Å². The van der Waals surface area contributed by atoms with Crippen LogP contribution in [0.3, 0.4) is 0 Å². The lowest BCUT2D eigenvalue weighted by molar-refractivity contribution is 0.198. The molecule has 0 radical (unpaired) electrons. The first-order valence-corrected chi connectivity index (χ1v) is 7.93. The Bertz CT molecular complexity index is 568. The predicted octanol–water partition coefficient (Wildman–Crippen LogP) is 3.61. The molecule has 21 heavy (non-hydrogen) atoms. The quantitative estimate of drug-likeness (QED) is 0.927. The van der Waals surface area contributed by atoms with E-state index in [4.69, 9.17) is 0 Å². The fourth-order valence-electron chi connectivity index (χ4n) is 2.90. The zero-order valence-corrected chi connectivity index (χ0v) is 13.6. The third-order valence-electron chi connectivity index (χ3n) is 3.90. The van der Waals surface area contributed by atoms with Gasteiger partial charge in [-0.3, -0.25) is 4.90 Å². The van der Waals surface area contributed by atoms with Crippen molar-refractivity contribution in [3.8, 4) is 0 Å². The van der Waals surface area contributed by atoms with E-state index in [1.807, 2.05) is 13.0 Å². The Labute approximate surface area is 135 Å². The summed E-state index contributed by atoms with van der Waals surface area (Å²) in [7, 11) is 0. The molecule has 0 saturated carbocycles. The van der Waals surface area contributed by atoms with E-state index in [2.05, 4.69) is 27.0 Å². The first kappa shape index (κ1) is 16.4. The van der Waals surface area contributed by atoms with Crippen LogP contribution < -0.4 is 5.32 Å². The van der Waals surface area contributed by atoms with Crippen LogP contribution in [-0.4, -0.2) is 31.1 Å². The molecule has 1 aromatic heterocycles. The van der Waals surface area contributed by atoms with E-state index >= 15 is 0 Å². The Morgan fingerprint density at radius 3 is 2.62 bits per heavy atom. The molecule has 1 fully saturated rings. The molecule has 1 N–H and O–H groups in total. The Hall–Kier alpha value is -0.940. The fraction of sp³-hybridized carbons (Fsp3) is 0.375. The largest absolute Gasteiger partial charge is 0.314 e. The molecule has 1 saturated heterocycles. The van der Waals surface area contributed by atoms with Gasteiger partial charge in [-0.15, -0.1) is 12.4 Å². The summed E-state index contributed by atoms with van der Waals surface area (Å²) in [6, 6.07) is 7.57. The molecule has 1 aromatic carbocycles. The second-order valence-corrected chi connectivity index (χ2v) is 6.03. The molecule has 2 heterocycles. The van der Waals surface area contributed by atoms with Crippen LogP contribution in [0.25, 0.3) is 0 Å². The molecule has 1 aliphatic rings. The summed E-state index contributed by atoms with van der Waals surface area (Å²) in [4.78, 5) is 2.48. The summed E-state index contributed by atoms with van der Waals surface area (Å²) in [6.07, 6.45) is 0. The van der Waals surface area contributed by atoms with E-state index in [0.717, 1.165) is 31.7 Å². The van der Waals surface area contributed by atoms with Gasteiger partial charge in [0, 0.05) is 26.2 Å². The molecule has 5 heteroatoms. The highest BCUT2D eigenvalue weighted by Gasteiger charge is 2.25. The van der Waals surface area contributed by atoms with Gasteiger partial charge in [-0.05, 0) is 52.6 Å². The zero-order valence-electron chi connectivity index (χ0n) is 12.0. The number of hydrogen-bond acceptors (Lipinski definition) is 3. The lowest BCUT2D eigenvalue weighted by Gasteiger charge is -2.35. The Kier molecular flexibility index (Phi) is 5.76. The summed E-state index contributed by atoms with van der Waals surface area (Å²) >= 11 is 1.72. The van der Waals surface area contributed by atoms with Gasteiger partial charge < -0.3 is 5.32 Å². The number of nitrogens with one attached hydrogen (secondary N) is 1. The van der Waals surface area contributed by atoms with Gasteiger partial charge in [0.1, 0.15) is 5.82 Å². The highest BCUT2D eigenvalue weighted by molar-refractivity contribution is 7.08. The van der Waals surface area contributed by atoms with Crippen LogP contribution in [0.2, 0.25) is 0 Å². The van der Waals surface area contributed by atoms with Gasteiger partial charge in [0.2, 0.25) is 0 Å². The van der Waals surface area contributed by atoms with Gasteiger partial charge in [0.15, 0.2) is 0 Å². The van der Waals surface area contributed by atoms with E-state index in [-0.39, 0.29) is 24.3 Å². The Balaban J connectivity index is 0.00000161. The van der Waals surface area contributed by atoms with Gasteiger partial charge in [-0.2, -0.15) is 11.3 Å². The van der Waals surface area contributed by atoms with E-state index in [0.29, 0.717) is 0 Å². The topological polar surface area (TPSA) is 15.3 Å². The fourth-order valence-corrected chi connectivity index (χ4v) is 3.58. The molecular weight excluding hydrogens is 307 g/mol. The number of halogens is 2. The van der Waals surface area contributed by atoms with Crippen molar-refractivity contribution >= 4 is 23.7 Å². The molecule has 114 valence electrons. The number of benzene rings is 1. The molecule has 1 atom stereocenters. The maximum atomic E-state index is 13.4. The number of rotatable bonds is 3. The van der Waals surface area contributed by atoms with Crippen LogP contribution in [0.1, 0.15) is 22.7 Å². The molecule has 0 bridgehead atoms. The normalized spacial score (nSPS) is 17.2. The predicted molar refractivity (Wildman–Crippen MR) is 89.0 cm³/mol. The van der Waals surface area contributed by atoms with Crippen LogP contribution >= 0.6 is 23.7 Å². The SMILES string of the molecule is Cc1cc(F)ccc1[C@H](c1ccsc1)N1CCNCC1.Cl. The van der Waals surface area contributed by atoms with Gasteiger partial charge in [-0.25, -0.2) is 4.39 Å². The summed E-state index contributed by atoms with van der Waals surface area (Å²) in [5.74, 6) is -0.157. The van der Waals surface area contributed by atoms with Crippen molar-refractivity contribution in [1.82, 2.24) is 10.2 Å². The van der Waals surface area contributed by atoms with Crippen molar-refractivity contribution in [2.75, 3.05) is 26.2 Å². The van der Waals surface area contributed by atoms with E-state index in [1.54, 1.807) is 23.5 Å². The third kappa shape index (κ3) is 3.64. The van der Waals surface area contributed by atoms with Gasteiger partial charge in [0.25, 0.3) is 0 Å². The minimum Gasteiger partial charge on any atom is -0.314 e. The Morgan fingerprint density at radius 1 is 1.24 bits per heavy atom. The van der Waals surface area contributed by atoms with Crippen molar-refractivity contribution in [3.63, 3.8) is 0 Å². The van der Waals surface area contributed by atoms with Gasteiger partial charge in [0.05, 0.1) is 6.04 Å². The molecule has 2 aromatic rings. The van der Waals surface area contributed by atoms with E-state index in [1.165, 1.54) is 11.1 Å². The maximum Gasteiger partial charge on any atom is 0.123 e. The number of aryl methyl sites for hydroxylation is 1. The van der Waals surface area contributed by atoms with Crippen LogP contribution in [0.5, 0.6) is 0 Å². The summed E-state index contributed by atoms with van der Waals surface area (Å²) in [5.41, 5.74) is 3.55. The van der Waals surface area contributed by atoms with Crippen LogP contribution in [0.4, 0.5) is 4.39 Å². The molecule has 1 aliphatic heterocycles. The summed E-state index contributed by atoms with van der Waals surface area (Å²) in [6.45, 7) is 6.08. The zero-order chi connectivity index (χ0) is 13.9. The lowest BCUT2D eigenvalue weighted by atomic mass is 9.95. The average molecular weight is 327 g/mol. The summed E-state index contributed by atoms with van der Waals surface area (Å²) in [5, 5.41) is 7.71. The first-order valence-electron chi connectivity index (χ1n) is 6.98. The van der Waals surface area contributed by atoms with Crippen molar-refractivity contribution < 1.29 is 4.39 Å². The van der Waals surface area contributed by atoms with Crippen molar-refractivity contribution in [2.24, 2.45) is 0 Å². The van der Waals surface area contributed by atoms with Crippen molar-refractivity contribution in [1.29, 1.82) is 0 Å². The average Bonchev–Trinajstić information content (AvgIpc) is 2.97. The molecule has 0 amide bonds. The number of nitrogens with zero attached hydrogens (tertiary/aromatic N) is 1. The van der Waals surface area contributed by atoms with Crippen LogP contribution in [0, 0.1) is 12.7 Å². The number of piperazine rings is 1. The smallest absolute Gasteiger partial charge is 0.123 e.